The summed E-state index contributed by atoms with van der Waals surface area (Å²) >= 11 is 1.61. The highest BCUT2D eigenvalue weighted by molar-refractivity contribution is 7.19. The monoisotopic (exact) mass is 448 g/mol. The van der Waals surface area contributed by atoms with Crippen LogP contribution in [0.25, 0.3) is 10.6 Å². The van der Waals surface area contributed by atoms with Gasteiger partial charge in [-0.15, -0.1) is 0 Å². The molecule has 0 bridgehead atoms. The van der Waals surface area contributed by atoms with Gasteiger partial charge in [-0.05, 0) is 42.8 Å². The molecule has 8 heteroatoms. The molecule has 0 spiro atoms. The Bertz CT molecular complexity index is 1200. The molecule has 0 fully saturated rings. The molecule has 0 amide bonds. The summed E-state index contributed by atoms with van der Waals surface area (Å²) in [6, 6.07) is 17.8. The number of para-hydroxylation sites is 2. The number of aryl methyl sites for hydroxylation is 1. The van der Waals surface area contributed by atoms with Crippen molar-refractivity contribution in [3.8, 4) is 27.8 Å². The van der Waals surface area contributed by atoms with Crippen LogP contribution in [0.3, 0.4) is 0 Å². The third kappa shape index (κ3) is 4.40. The number of anilines is 1. The van der Waals surface area contributed by atoms with Gasteiger partial charge in [-0.1, -0.05) is 35.6 Å². The van der Waals surface area contributed by atoms with Gasteiger partial charge in [0.2, 0.25) is 0 Å². The van der Waals surface area contributed by atoms with Crippen LogP contribution in [-0.2, 0) is 13.1 Å². The van der Waals surface area contributed by atoms with Gasteiger partial charge < -0.3 is 19.5 Å². The predicted molar refractivity (Wildman–Crippen MR) is 125 cm³/mol. The van der Waals surface area contributed by atoms with E-state index in [-0.39, 0.29) is 6.10 Å². The van der Waals surface area contributed by atoms with Gasteiger partial charge >= 0.3 is 0 Å². The zero-order valence-electron chi connectivity index (χ0n) is 17.9. The third-order valence-electron chi connectivity index (χ3n) is 5.23. The van der Waals surface area contributed by atoms with Crippen LogP contribution >= 0.6 is 11.3 Å². The first-order valence-electron chi connectivity index (χ1n) is 10.4. The number of benzene rings is 2. The first-order valence-corrected chi connectivity index (χ1v) is 11.3. The molecular weight excluding hydrogens is 424 g/mol. The smallest absolute Gasteiger partial charge is 0.183 e. The molecule has 164 valence electrons. The van der Waals surface area contributed by atoms with Crippen LogP contribution in [-0.4, -0.2) is 34.6 Å². The summed E-state index contributed by atoms with van der Waals surface area (Å²) < 4.78 is 19.0. The fourth-order valence-corrected chi connectivity index (χ4v) is 4.50. The first-order chi connectivity index (χ1) is 15.7. The van der Waals surface area contributed by atoms with Crippen molar-refractivity contribution >= 4 is 16.5 Å². The largest absolute Gasteiger partial charge is 0.497 e. The molecule has 2 aromatic heterocycles. The van der Waals surface area contributed by atoms with Gasteiger partial charge in [0.05, 0.1) is 24.2 Å². The second kappa shape index (κ2) is 8.92. The van der Waals surface area contributed by atoms with Gasteiger partial charge in [0.1, 0.15) is 18.1 Å². The quantitative estimate of drug-likeness (QED) is 0.439. The highest BCUT2D eigenvalue weighted by atomic mass is 32.1. The minimum absolute atomic E-state index is 0.0815. The van der Waals surface area contributed by atoms with E-state index in [1.54, 1.807) is 18.4 Å². The maximum absolute atomic E-state index is 6.05. The van der Waals surface area contributed by atoms with Crippen molar-refractivity contribution in [2.24, 2.45) is 0 Å². The number of hydrogen-bond donors (Lipinski definition) is 1. The number of nitrogens with zero attached hydrogens (tertiary/aromatic N) is 3. The Kier molecular flexibility index (Phi) is 5.68. The van der Waals surface area contributed by atoms with E-state index in [0.29, 0.717) is 19.7 Å². The second-order valence-electron chi connectivity index (χ2n) is 7.56. The van der Waals surface area contributed by atoms with E-state index in [1.165, 1.54) is 5.56 Å². The average molecular weight is 449 g/mol. The standard InChI is InChI=1S/C24H24N4O3S/c1-16-23(32-24(26-16)25-13-17-7-9-18(29-2)10-8-17)20-11-12-28(27-20)14-19-15-30-21-5-3-4-6-22(21)31-19/h3-12,19H,13-15H2,1-2H3,(H,25,26). The van der Waals surface area contributed by atoms with Crippen molar-refractivity contribution in [1.82, 2.24) is 14.8 Å². The summed E-state index contributed by atoms with van der Waals surface area (Å²) in [7, 11) is 1.67. The molecule has 4 aromatic rings. The number of ether oxygens (including phenoxy) is 3. The molecule has 1 aliphatic heterocycles. The van der Waals surface area contributed by atoms with Crippen LogP contribution in [0, 0.1) is 6.92 Å². The highest BCUT2D eigenvalue weighted by Gasteiger charge is 2.22. The fourth-order valence-electron chi connectivity index (χ4n) is 3.58. The summed E-state index contributed by atoms with van der Waals surface area (Å²) in [6.45, 7) is 3.84. The molecule has 1 atom stereocenters. The number of aromatic nitrogens is 3. The zero-order valence-corrected chi connectivity index (χ0v) is 18.8. The molecule has 1 aliphatic rings. The van der Waals surface area contributed by atoms with Gasteiger partial charge in [-0.2, -0.15) is 5.10 Å². The van der Waals surface area contributed by atoms with Crippen molar-refractivity contribution in [2.45, 2.75) is 26.1 Å². The van der Waals surface area contributed by atoms with Crippen LogP contribution in [0.2, 0.25) is 0 Å². The van der Waals surface area contributed by atoms with E-state index in [1.807, 2.05) is 72.4 Å². The van der Waals surface area contributed by atoms with Gasteiger partial charge in [-0.25, -0.2) is 4.98 Å². The van der Waals surface area contributed by atoms with E-state index < -0.39 is 0 Å². The Morgan fingerprint density at radius 2 is 1.94 bits per heavy atom. The number of rotatable bonds is 7. The van der Waals surface area contributed by atoms with E-state index in [2.05, 4.69) is 10.3 Å². The van der Waals surface area contributed by atoms with Crippen LogP contribution in [0.15, 0.2) is 60.8 Å². The van der Waals surface area contributed by atoms with Crippen molar-refractivity contribution in [2.75, 3.05) is 19.0 Å². The molecule has 1 unspecified atom stereocenters. The molecule has 0 saturated heterocycles. The Hall–Kier alpha value is -3.52. The molecule has 3 heterocycles. The fraction of sp³-hybridized carbons (Fsp3) is 0.250. The lowest BCUT2D eigenvalue weighted by molar-refractivity contribution is 0.0759. The molecule has 2 aromatic carbocycles. The molecule has 0 saturated carbocycles. The summed E-state index contributed by atoms with van der Waals surface area (Å²) in [6.07, 6.45) is 1.89. The summed E-state index contributed by atoms with van der Waals surface area (Å²) in [4.78, 5) is 5.74. The number of thiazole rings is 1. The van der Waals surface area contributed by atoms with Gasteiger partial charge in [0.25, 0.3) is 0 Å². The molecular formula is C24H24N4O3S. The molecule has 5 rings (SSSR count). The Balaban J connectivity index is 1.22. The SMILES string of the molecule is COc1ccc(CNc2nc(C)c(-c3ccn(CC4COc5ccccc5O4)n3)s2)cc1. The van der Waals surface area contributed by atoms with Crippen molar-refractivity contribution in [3.05, 3.63) is 72.1 Å². The molecule has 7 nitrogen and oxygen atoms in total. The molecule has 1 N–H and O–H groups in total. The Labute approximate surface area is 190 Å². The van der Waals surface area contributed by atoms with Crippen LogP contribution in [0.1, 0.15) is 11.3 Å². The number of hydrogen-bond acceptors (Lipinski definition) is 7. The lowest BCUT2D eigenvalue weighted by atomic mass is 10.2. The van der Waals surface area contributed by atoms with E-state index >= 15 is 0 Å². The Morgan fingerprint density at radius 1 is 1.12 bits per heavy atom. The third-order valence-corrected chi connectivity index (χ3v) is 6.37. The summed E-state index contributed by atoms with van der Waals surface area (Å²) in [5.74, 6) is 2.42. The van der Waals surface area contributed by atoms with Gasteiger partial charge in [0.15, 0.2) is 22.7 Å². The lowest BCUT2D eigenvalue weighted by Gasteiger charge is -2.26. The summed E-state index contributed by atoms with van der Waals surface area (Å²) in [5, 5.41) is 9.04. The van der Waals surface area contributed by atoms with Crippen LogP contribution < -0.4 is 19.5 Å². The van der Waals surface area contributed by atoms with Crippen molar-refractivity contribution < 1.29 is 14.2 Å². The molecule has 32 heavy (non-hydrogen) atoms. The van der Waals surface area contributed by atoms with E-state index in [4.69, 9.17) is 19.3 Å². The van der Waals surface area contributed by atoms with Crippen LogP contribution in [0.5, 0.6) is 17.2 Å². The number of nitrogens with one attached hydrogen (secondary N) is 1. The lowest BCUT2D eigenvalue weighted by Crippen LogP contribution is -2.33. The minimum atomic E-state index is -0.0815. The Morgan fingerprint density at radius 3 is 2.75 bits per heavy atom. The maximum atomic E-state index is 6.05. The normalized spacial score (nSPS) is 14.9. The average Bonchev–Trinajstić information content (AvgIpc) is 3.44. The maximum Gasteiger partial charge on any atom is 0.183 e. The number of methoxy groups -OCH3 is 1. The van der Waals surface area contributed by atoms with Crippen molar-refractivity contribution in [1.29, 1.82) is 0 Å². The van der Waals surface area contributed by atoms with Crippen molar-refractivity contribution in [3.63, 3.8) is 0 Å². The van der Waals surface area contributed by atoms with E-state index in [0.717, 1.165) is 38.6 Å². The minimum Gasteiger partial charge on any atom is -0.497 e. The van der Waals surface area contributed by atoms with Gasteiger partial charge in [-0.3, -0.25) is 4.68 Å². The van der Waals surface area contributed by atoms with Crippen LogP contribution in [0.4, 0.5) is 5.13 Å². The summed E-state index contributed by atoms with van der Waals surface area (Å²) in [5.41, 5.74) is 3.04. The second-order valence-corrected chi connectivity index (χ2v) is 8.55. The highest BCUT2D eigenvalue weighted by Crippen LogP contribution is 2.33. The number of fused-ring (bicyclic) bond motifs is 1. The predicted octanol–water partition coefficient (Wildman–Crippen LogP) is 4.78. The molecule has 0 aliphatic carbocycles. The zero-order chi connectivity index (χ0) is 21.9. The van der Waals surface area contributed by atoms with Gasteiger partial charge in [0, 0.05) is 12.7 Å². The van der Waals surface area contributed by atoms with E-state index in [9.17, 15) is 0 Å². The molecule has 0 radical (unpaired) electrons. The topological polar surface area (TPSA) is 70.4 Å². The first kappa shape index (κ1) is 20.4.